The quantitative estimate of drug-likeness (QED) is 0.667. The van der Waals surface area contributed by atoms with Crippen LogP contribution in [0.2, 0.25) is 0 Å². The molecule has 4 heteroatoms. The van der Waals surface area contributed by atoms with Crippen molar-refractivity contribution in [3.05, 3.63) is 0 Å². The molecule has 2 aliphatic heterocycles. The first kappa shape index (κ1) is 9.77. The van der Waals surface area contributed by atoms with Crippen LogP contribution in [0, 0.1) is 5.92 Å². The van der Waals surface area contributed by atoms with Gasteiger partial charge < -0.3 is 14.9 Å². The minimum Gasteiger partial charge on any atom is -0.396 e. The molecule has 2 saturated heterocycles. The van der Waals surface area contributed by atoms with E-state index in [1.807, 2.05) is 9.80 Å². The van der Waals surface area contributed by atoms with Crippen molar-refractivity contribution in [2.24, 2.45) is 5.92 Å². The fraction of sp³-hybridized carbons (Fsp3) is 0.900. The molecule has 2 fully saturated rings. The summed E-state index contributed by atoms with van der Waals surface area (Å²) in [5.74, 6) is 0.307. The molecule has 1 unspecified atom stereocenters. The molecule has 0 bridgehead atoms. The van der Waals surface area contributed by atoms with Crippen molar-refractivity contribution in [3.8, 4) is 0 Å². The van der Waals surface area contributed by atoms with Gasteiger partial charge in [0.15, 0.2) is 0 Å². The summed E-state index contributed by atoms with van der Waals surface area (Å²) in [7, 11) is 0. The van der Waals surface area contributed by atoms with E-state index in [1.54, 1.807) is 0 Å². The van der Waals surface area contributed by atoms with Gasteiger partial charge in [0.25, 0.3) is 0 Å². The SMILES string of the molecule is O=C(N1CCCC1)N1CCC(CO)C1. The van der Waals surface area contributed by atoms with Crippen molar-refractivity contribution in [1.29, 1.82) is 0 Å². The highest BCUT2D eigenvalue weighted by Crippen LogP contribution is 2.19. The maximum absolute atomic E-state index is 11.9. The number of likely N-dealkylation sites (tertiary alicyclic amines) is 2. The van der Waals surface area contributed by atoms with Gasteiger partial charge in [-0.25, -0.2) is 4.79 Å². The Morgan fingerprint density at radius 2 is 1.93 bits per heavy atom. The van der Waals surface area contributed by atoms with Gasteiger partial charge in [0.05, 0.1) is 0 Å². The fourth-order valence-electron chi connectivity index (χ4n) is 2.26. The molecule has 2 amide bonds. The van der Waals surface area contributed by atoms with Gasteiger partial charge in [-0.3, -0.25) is 0 Å². The molecule has 0 saturated carbocycles. The molecule has 2 rings (SSSR count). The third-order valence-corrected chi connectivity index (χ3v) is 3.19. The summed E-state index contributed by atoms with van der Waals surface area (Å²) in [5, 5.41) is 8.98. The number of nitrogens with zero attached hydrogens (tertiary/aromatic N) is 2. The van der Waals surface area contributed by atoms with E-state index in [0.29, 0.717) is 5.92 Å². The van der Waals surface area contributed by atoms with E-state index < -0.39 is 0 Å². The number of carbonyl (C=O) groups excluding carboxylic acids is 1. The van der Waals surface area contributed by atoms with Crippen LogP contribution in [-0.4, -0.2) is 53.7 Å². The molecule has 14 heavy (non-hydrogen) atoms. The minimum atomic E-state index is 0.179. The highest BCUT2D eigenvalue weighted by atomic mass is 16.3. The van der Waals surface area contributed by atoms with Crippen molar-refractivity contribution in [2.75, 3.05) is 32.8 Å². The maximum atomic E-state index is 11.9. The number of amides is 2. The predicted octanol–water partition coefficient (Wildman–Crippen LogP) is 0.516. The van der Waals surface area contributed by atoms with Crippen molar-refractivity contribution < 1.29 is 9.90 Å². The summed E-state index contributed by atoms with van der Waals surface area (Å²) >= 11 is 0. The fourth-order valence-corrected chi connectivity index (χ4v) is 2.26. The molecular formula is C10H18N2O2. The lowest BCUT2D eigenvalue weighted by Gasteiger charge is -2.23. The van der Waals surface area contributed by atoms with E-state index in [2.05, 4.69) is 0 Å². The van der Waals surface area contributed by atoms with Crippen molar-refractivity contribution in [2.45, 2.75) is 19.3 Å². The zero-order valence-corrected chi connectivity index (χ0v) is 8.48. The van der Waals surface area contributed by atoms with Crippen LogP contribution in [0.5, 0.6) is 0 Å². The molecular weight excluding hydrogens is 180 g/mol. The van der Waals surface area contributed by atoms with E-state index in [9.17, 15) is 4.79 Å². The lowest BCUT2D eigenvalue weighted by molar-refractivity contribution is 0.167. The Labute approximate surface area is 84.5 Å². The van der Waals surface area contributed by atoms with Gasteiger partial charge >= 0.3 is 6.03 Å². The smallest absolute Gasteiger partial charge is 0.320 e. The second-order valence-electron chi connectivity index (χ2n) is 4.26. The number of hydrogen-bond acceptors (Lipinski definition) is 2. The van der Waals surface area contributed by atoms with Crippen LogP contribution >= 0.6 is 0 Å². The molecule has 0 aromatic heterocycles. The molecule has 0 aromatic carbocycles. The number of carbonyl (C=O) groups is 1. The van der Waals surface area contributed by atoms with Crippen molar-refractivity contribution in [1.82, 2.24) is 9.80 Å². The molecule has 2 heterocycles. The van der Waals surface area contributed by atoms with Gasteiger partial charge in [0.2, 0.25) is 0 Å². The normalized spacial score (nSPS) is 27.4. The lowest BCUT2D eigenvalue weighted by atomic mass is 10.1. The monoisotopic (exact) mass is 198 g/mol. The Kier molecular flexibility index (Phi) is 2.91. The molecule has 1 N–H and O–H groups in total. The summed E-state index contributed by atoms with van der Waals surface area (Å²) in [4.78, 5) is 15.7. The summed E-state index contributed by atoms with van der Waals surface area (Å²) in [6, 6.07) is 0.179. The second kappa shape index (κ2) is 4.17. The Morgan fingerprint density at radius 1 is 1.21 bits per heavy atom. The van der Waals surface area contributed by atoms with Gasteiger partial charge in [-0.2, -0.15) is 0 Å². The predicted molar refractivity (Wildman–Crippen MR) is 53.0 cm³/mol. The van der Waals surface area contributed by atoms with E-state index in [4.69, 9.17) is 5.11 Å². The van der Waals surface area contributed by atoms with Gasteiger partial charge in [-0.1, -0.05) is 0 Å². The first-order chi connectivity index (χ1) is 6.81. The molecule has 0 spiro atoms. The summed E-state index contributed by atoms with van der Waals surface area (Å²) in [6.07, 6.45) is 3.24. The largest absolute Gasteiger partial charge is 0.396 e. The Balaban J connectivity index is 1.86. The van der Waals surface area contributed by atoms with Crippen LogP contribution < -0.4 is 0 Å². The zero-order valence-electron chi connectivity index (χ0n) is 8.48. The first-order valence-corrected chi connectivity index (χ1v) is 5.46. The second-order valence-corrected chi connectivity index (χ2v) is 4.26. The standard InChI is InChI=1S/C10H18N2O2/c13-8-9-3-6-12(7-9)10(14)11-4-1-2-5-11/h9,13H,1-8H2. The van der Waals surface area contributed by atoms with Crippen molar-refractivity contribution >= 4 is 6.03 Å². The molecule has 0 aliphatic carbocycles. The first-order valence-electron chi connectivity index (χ1n) is 5.46. The third kappa shape index (κ3) is 1.85. The number of aliphatic hydroxyl groups excluding tert-OH is 1. The van der Waals surface area contributed by atoms with Gasteiger partial charge in [-0.05, 0) is 19.3 Å². The number of aliphatic hydroxyl groups is 1. The summed E-state index contributed by atoms with van der Waals surface area (Å²) < 4.78 is 0. The van der Waals surface area contributed by atoms with E-state index >= 15 is 0 Å². The number of urea groups is 1. The number of rotatable bonds is 1. The van der Waals surface area contributed by atoms with Crippen LogP contribution in [0.1, 0.15) is 19.3 Å². The average Bonchev–Trinajstić information content (AvgIpc) is 2.88. The topological polar surface area (TPSA) is 43.8 Å². The Hall–Kier alpha value is -0.770. The van der Waals surface area contributed by atoms with Crippen LogP contribution in [-0.2, 0) is 0 Å². The summed E-state index contributed by atoms with van der Waals surface area (Å²) in [6.45, 7) is 3.61. The molecule has 2 aliphatic rings. The van der Waals surface area contributed by atoms with Crippen LogP contribution in [0.15, 0.2) is 0 Å². The highest BCUT2D eigenvalue weighted by molar-refractivity contribution is 5.75. The van der Waals surface area contributed by atoms with Crippen LogP contribution in [0.25, 0.3) is 0 Å². The average molecular weight is 198 g/mol. The van der Waals surface area contributed by atoms with Crippen molar-refractivity contribution in [3.63, 3.8) is 0 Å². The van der Waals surface area contributed by atoms with Crippen LogP contribution in [0.3, 0.4) is 0 Å². The number of hydrogen-bond donors (Lipinski definition) is 1. The van der Waals surface area contributed by atoms with E-state index in [1.165, 1.54) is 0 Å². The molecule has 80 valence electrons. The Morgan fingerprint density at radius 3 is 2.50 bits per heavy atom. The zero-order chi connectivity index (χ0) is 9.97. The van der Waals surface area contributed by atoms with Gasteiger partial charge in [0, 0.05) is 38.7 Å². The molecule has 4 nitrogen and oxygen atoms in total. The molecule has 1 atom stereocenters. The Bertz CT molecular complexity index is 214. The van der Waals surface area contributed by atoms with E-state index in [0.717, 1.165) is 45.4 Å². The molecule has 0 radical (unpaired) electrons. The minimum absolute atomic E-state index is 0.179. The summed E-state index contributed by atoms with van der Waals surface area (Å²) in [5.41, 5.74) is 0. The highest BCUT2D eigenvalue weighted by Gasteiger charge is 2.29. The van der Waals surface area contributed by atoms with Gasteiger partial charge in [0.1, 0.15) is 0 Å². The van der Waals surface area contributed by atoms with Gasteiger partial charge in [-0.15, -0.1) is 0 Å². The third-order valence-electron chi connectivity index (χ3n) is 3.19. The maximum Gasteiger partial charge on any atom is 0.320 e. The lowest BCUT2D eigenvalue weighted by Crippen LogP contribution is -2.40. The van der Waals surface area contributed by atoms with E-state index in [-0.39, 0.29) is 12.6 Å². The molecule has 0 aromatic rings. The van der Waals surface area contributed by atoms with Crippen LogP contribution in [0.4, 0.5) is 4.79 Å².